The summed E-state index contributed by atoms with van der Waals surface area (Å²) in [6.07, 6.45) is -0.720. The van der Waals surface area contributed by atoms with Crippen LogP contribution in [-0.2, 0) is 14.3 Å². The zero-order valence-corrected chi connectivity index (χ0v) is 25.3. The van der Waals surface area contributed by atoms with Gasteiger partial charge in [0.15, 0.2) is 17.5 Å². The van der Waals surface area contributed by atoms with Crippen molar-refractivity contribution in [3.05, 3.63) is 77.6 Å². The quantitative estimate of drug-likeness (QED) is 0.188. The minimum Gasteiger partial charge on any atom is -0.465 e. The second-order valence-corrected chi connectivity index (χ2v) is 11.7. The molecule has 46 heavy (non-hydrogen) atoms. The van der Waals surface area contributed by atoms with E-state index in [9.17, 15) is 27.6 Å². The van der Waals surface area contributed by atoms with E-state index >= 15 is 0 Å². The zero-order chi connectivity index (χ0) is 32.9. The first-order valence-electron chi connectivity index (χ1n) is 14.8. The van der Waals surface area contributed by atoms with Crippen LogP contribution < -0.4 is 21.1 Å². The Bertz CT molecular complexity index is 1850. The maximum Gasteiger partial charge on any atom is 0.407 e. The fourth-order valence-corrected chi connectivity index (χ4v) is 6.14. The predicted octanol–water partition coefficient (Wildman–Crippen LogP) is 5.56. The van der Waals surface area contributed by atoms with Gasteiger partial charge in [0, 0.05) is 40.5 Å². The van der Waals surface area contributed by atoms with Crippen LogP contribution in [0.15, 0.2) is 54.6 Å². The molecule has 2 aliphatic heterocycles. The maximum atomic E-state index is 14.3. The molecule has 3 heterocycles. The summed E-state index contributed by atoms with van der Waals surface area (Å²) >= 11 is 0. The second-order valence-electron chi connectivity index (χ2n) is 11.7. The van der Waals surface area contributed by atoms with E-state index in [0.717, 1.165) is 12.1 Å². The van der Waals surface area contributed by atoms with Crippen LogP contribution in [0.2, 0.25) is 0 Å². The predicted molar refractivity (Wildman–Crippen MR) is 164 cm³/mol. The number of nitrogens with zero attached hydrogens (tertiary/aromatic N) is 2. The molecule has 0 saturated carbocycles. The van der Waals surface area contributed by atoms with E-state index in [1.54, 1.807) is 54.8 Å². The molecule has 0 radical (unpaired) electrons. The van der Waals surface area contributed by atoms with Crippen molar-refractivity contribution in [2.45, 2.75) is 45.0 Å². The third kappa shape index (κ3) is 5.46. The van der Waals surface area contributed by atoms with Gasteiger partial charge in [0.2, 0.25) is 18.0 Å². The average molecular weight is 636 g/mol. The van der Waals surface area contributed by atoms with Gasteiger partial charge in [0.1, 0.15) is 17.8 Å². The molecule has 1 fully saturated rings. The number of rotatable bonds is 6. The van der Waals surface area contributed by atoms with E-state index in [2.05, 4.69) is 15.4 Å². The third-order valence-electron chi connectivity index (χ3n) is 8.38. The second kappa shape index (κ2) is 12.0. The first-order valence-corrected chi connectivity index (χ1v) is 14.8. The molecule has 3 unspecified atom stereocenters. The molecule has 2 aliphatic rings. The van der Waals surface area contributed by atoms with Crippen LogP contribution in [-0.4, -0.2) is 53.1 Å². The van der Waals surface area contributed by atoms with Crippen LogP contribution in [0.4, 0.5) is 29.3 Å². The molecule has 1 saturated heterocycles. The first kappa shape index (κ1) is 30.8. The Balaban J connectivity index is 1.32. The fraction of sp³-hybridized carbons (Fsp3) is 0.303. The number of carbonyl (C=O) groups excluding carboxylic acids is 3. The number of alkyl carbamates (subject to hydrolysis) is 1. The molecule has 3 atom stereocenters. The number of aromatic nitrogens is 1. The van der Waals surface area contributed by atoms with E-state index in [-0.39, 0.29) is 23.3 Å². The molecule has 3 aromatic carbocycles. The largest absolute Gasteiger partial charge is 0.465 e. The SMILES string of the molecule is COC(=O)NC(C(=O)N1CCCC1C(=O)Nc1ccc2c(c1)cc1n2C(c2cc(F)c(F)c(F)c2)Oc2cc(N)ccc2-1)C(C)C. The average Bonchev–Trinajstić information content (AvgIpc) is 3.66. The summed E-state index contributed by atoms with van der Waals surface area (Å²) in [4.78, 5) is 40.3. The van der Waals surface area contributed by atoms with Gasteiger partial charge >= 0.3 is 6.09 Å². The van der Waals surface area contributed by atoms with E-state index in [1.807, 2.05) is 6.07 Å². The van der Waals surface area contributed by atoms with Gasteiger partial charge in [-0.15, -0.1) is 0 Å². The fourth-order valence-electron chi connectivity index (χ4n) is 6.14. The monoisotopic (exact) mass is 635 g/mol. The van der Waals surface area contributed by atoms with Crippen LogP contribution in [0.25, 0.3) is 22.2 Å². The molecule has 0 aliphatic carbocycles. The molecule has 4 N–H and O–H groups in total. The number of carbonyl (C=O) groups is 3. The lowest BCUT2D eigenvalue weighted by molar-refractivity contribution is -0.139. The highest BCUT2D eigenvalue weighted by molar-refractivity contribution is 6.00. The minimum atomic E-state index is -1.58. The van der Waals surface area contributed by atoms with E-state index in [1.165, 1.54) is 12.0 Å². The summed E-state index contributed by atoms with van der Waals surface area (Å²) in [5.41, 5.74) is 8.87. The summed E-state index contributed by atoms with van der Waals surface area (Å²) < 4.78 is 55.1. The molecule has 1 aromatic heterocycles. The lowest BCUT2D eigenvalue weighted by Crippen LogP contribution is -2.54. The summed E-state index contributed by atoms with van der Waals surface area (Å²) in [5, 5.41) is 6.15. The Hall–Kier alpha value is -5.20. The Kier molecular flexibility index (Phi) is 8.01. The van der Waals surface area contributed by atoms with Crippen LogP contribution in [0.5, 0.6) is 5.75 Å². The number of nitrogen functional groups attached to an aromatic ring is 1. The van der Waals surface area contributed by atoms with Crippen molar-refractivity contribution in [1.29, 1.82) is 0 Å². The van der Waals surface area contributed by atoms with Crippen molar-refractivity contribution in [3.63, 3.8) is 0 Å². The number of fused-ring (bicyclic) bond motifs is 5. The highest BCUT2D eigenvalue weighted by Crippen LogP contribution is 2.45. The van der Waals surface area contributed by atoms with Crippen LogP contribution in [0.3, 0.4) is 0 Å². The van der Waals surface area contributed by atoms with Crippen molar-refractivity contribution >= 4 is 40.2 Å². The number of nitrogens with two attached hydrogens (primary N) is 1. The van der Waals surface area contributed by atoms with Crippen molar-refractivity contribution in [2.75, 3.05) is 24.7 Å². The molecule has 6 rings (SSSR count). The smallest absolute Gasteiger partial charge is 0.407 e. The van der Waals surface area contributed by atoms with Crippen molar-refractivity contribution in [3.8, 4) is 17.0 Å². The summed E-state index contributed by atoms with van der Waals surface area (Å²) in [6, 6.07) is 12.3. The number of hydrogen-bond donors (Lipinski definition) is 3. The Labute approximate surface area is 262 Å². The van der Waals surface area contributed by atoms with Crippen molar-refractivity contribution in [1.82, 2.24) is 14.8 Å². The summed E-state index contributed by atoms with van der Waals surface area (Å²) in [7, 11) is 1.21. The summed E-state index contributed by atoms with van der Waals surface area (Å²) in [6.45, 7) is 3.95. The number of hydrogen-bond acceptors (Lipinski definition) is 6. The van der Waals surface area contributed by atoms with Crippen LogP contribution in [0.1, 0.15) is 38.5 Å². The van der Waals surface area contributed by atoms with Crippen LogP contribution in [0, 0.1) is 23.4 Å². The number of halogens is 3. The Morgan fingerprint density at radius 3 is 2.46 bits per heavy atom. The lowest BCUT2D eigenvalue weighted by Gasteiger charge is -2.30. The highest BCUT2D eigenvalue weighted by Gasteiger charge is 2.39. The van der Waals surface area contributed by atoms with Gasteiger partial charge in [-0.05, 0) is 67.3 Å². The van der Waals surface area contributed by atoms with E-state index in [0.29, 0.717) is 58.7 Å². The number of methoxy groups -OCH3 is 1. The van der Waals surface area contributed by atoms with Gasteiger partial charge in [0.25, 0.3) is 0 Å². The number of amides is 3. The molecular weight excluding hydrogens is 603 g/mol. The highest BCUT2D eigenvalue weighted by atomic mass is 19.2. The standard InChI is InChI=1S/C33H32F3N5O5/c1-16(2)29(39-33(44)45-3)31(43)40-10-4-5-25(40)30(42)38-20-7-9-24-17(11-20)14-26-21-8-6-19(37)15-27(21)46-32(41(24)26)18-12-22(34)28(36)23(35)13-18/h6-9,11-16,25,29,32H,4-5,10,37H2,1-3H3,(H,38,42)(H,39,44). The Morgan fingerprint density at radius 2 is 1.76 bits per heavy atom. The minimum absolute atomic E-state index is 0.0491. The van der Waals surface area contributed by atoms with Gasteiger partial charge in [-0.25, -0.2) is 18.0 Å². The van der Waals surface area contributed by atoms with E-state index in [4.69, 9.17) is 10.5 Å². The lowest BCUT2D eigenvalue weighted by atomic mass is 10.0. The molecule has 13 heteroatoms. The number of anilines is 2. The molecule has 10 nitrogen and oxygen atoms in total. The molecule has 0 bridgehead atoms. The van der Waals surface area contributed by atoms with Gasteiger partial charge in [-0.1, -0.05) is 13.8 Å². The van der Waals surface area contributed by atoms with Crippen molar-refractivity contribution < 1.29 is 37.0 Å². The molecular formula is C33H32F3N5O5. The molecule has 3 amide bonds. The number of benzene rings is 3. The molecule has 4 aromatic rings. The molecule has 0 spiro atoms. The van der Waals surface area contributed by atoms with Gasteiger partial charge < -0.3 is 35.3 Å². The molecule has 240 valence electrons. The van der Waals surface area contributed by atoms with E-state index < -0.39 is 41.9 Å². The summed E-state index contributed by atoms with van der Waals surface area (Å²) in [5.74, 6) is -4.88. The first-order chi connectivity index (χ1) is 22.0. The van der Waals surface area contributed by atoms with Gasteiger partial charge in [-0.3, -0.25) is 9.59 Å². The third-order valence-corrected chi connectivity index (χ3v) is 8.38. The van der Waals surface area contributed by atoms with Gasteiger partial charge in [0.05, 0.1) is 18.3 Å². The number of likely N-dealkylation sites (tertiary alicyclic amines) is 1. The Morgan fingerprint density at radius 1 is 1.02 bits per heavy atom. The maximum absolute atomic E-state index is 14.3. The number of ether oxygens (including phenoxy) is 2. The number of nitrogens with one attached hydrogen (secondary N) is 2. The zero-order valence-electron chi connectivity index (χ0n) is 25.3. The topological polar surface area (TPSA) is 128 Å². The van der Waals surface area contributed by atoms with Crippen molar-refractivity contribution in [2.24, 2.45) is 5.92 Å². The normalized spacial score (nSPS) is 17.7. The van der Waals surface area contributed by atoms with Crippen LogP contribution >= 0.6 is 0 Å². The van der Waals surface area contributed by atoms with Gasteiger partial charge in [-0.2, -0.15) is 0 Å².